The highest BCUT2D eigenvalue weighted by atomic mass is 19.1. The zero-order valence-corrected chi connectivity index (χ0v) is 9.68. The summed E-state index contributed by atoms with van der Waals surface area (Å²) in [6.07, 6.45) is 1.51. The molecule has 4 nitrogen and oxygen atoms in total. The SMILES string of the molecule is C/C(=N/NC(=O)c1ccccc1F)c1ccco1. The van der Waals surface area contributed by atoms with Crippen LogP contribution in [0.5, 0.6) is 0 Å². The molecule has 18 heavy (non-hydrogen) atoms. The van der Waals surface area contributed by atoms with Crippen LogP contribution >= 0.6 is 0 Å². The second-order valence-electron chi connectivity index (χ2n) is 3.60. The van der Waals surface area contributed by atoms with Crippen molar-refractivity contribution in [2.75, 3.05) is 0 Å². The second kappa shape index (κ2) is 5.27. The van der Waals surface area contributed by atoms with Gasteiger partial charge in [-0.1, -0.05) is 12.1 Å². The number of halogens is 1. The van der Waals surface area contributed by atoms with E-state index in [2.05, 4.69) is 10.5 Å². The van der Waals surface area contributed by atoms with Crippen LogP contribution in [0.2, 0.25) is 0 Å². The summed E-state index contributed by atoms with van der Waals surface area (Å²) in [7, 11) is 0. The van der Waals surface area contributed by atoms with Crippen molar-refractivity contribution in [1.29, 1.82) is 0 Å². The van der Waals surface area contributed by atoms with Crippen LogP contribution in [0.3, 0.4) is 0 Å². The number of benzene rings is 1. The van der Waals surface area contributed by atoms with Crippen LogP contribution in [-0.2, 0) is 0 Å². The number of nitrogens with zero attached hydrogens (tertiary/aromatic N) is 1. The minimum Gasteiger partial charge on any atom is -0.463 e. The molecular weight excluding hydrogens is 235 g/mol. The van der Waals surface area contributed by atoms with Gasteiger partial charge in [-0.15, -0.1) is 0 Å². The van der Waals surface area contributed by atoms with Gasteiger partial charge >= 0.3 is 0 Å². The summed E-state index contributed by atoms with van der Waals surface area (Å²) in [6.45, 7) is 1.68. The highest BCUT2D eigenvalue weighted by Crippen LogP contribution is 2.06. The third-order valence-corrected chi connectivity index (χ3v) is 2.32. The first-order valence-electron chi connectivity index (χ1n) is 5.31. The molecule has 1 aromatic heterocycles. The van der Waals surface area contributed by atoms with Crippen molar-refractivity contribution in [2.24, 2.45) is 5.10 Å². The van der Waals surface area contributed by atoms with Gasteiger partial charge in [-0.25, -0.2) is 9.82 Å². The van der Waals surface area contributed by atoms with Crippen molar-refractivity contribution in [1.82, 2.24) is 5.43 Å². The van der Waals surface area contributed by atoms with Crippen LogP contribution in [0.15, 0.2) is 52.2 Å². The number of nitrogens with one attached hydrogen (secondary N) is 1. The summed E-state index contributed by atoms with van der Waals surface area (Å²) in [4.78, 5) is 11.7. The van der Waals surface area contributed by atoms with Gasteiger partial charge in [-0.3, -0.25) is 4.79 Å². The Morgan fingerprint density at radius 2 is 2.06 bits per heavy atom. The smallest absolute Gasteiger partial charge is 0.274 e. The van der Waals surface area contributed by atoms with Crippen molar-refractivity contribution < 1.29 is 13.6 Å². The molecule has 0 radical (unpaired) electrons. The lowest BCUT2D eigenvalue weighted by Gasteiger charge is -2.02. The van der Waals surface area contributed by atoms with Crippen LogP contribution in [0.4, 0.5) is 4.39 Å². The van der Waals surface area contributed by atoms with E-state index in [1.54, 1.807) is 25.1 Å². The topological polar surface area (TPSA) is 54.6 Å². The zero-order valence-electron chi connectivity index (χ0n) is 9.68. The lowest BCUT2D eigenvalue weighted by Crippen LogP contribution is -2.20. The molecule has 92 valence electrons. The molecule has 5 heteroatoms. The molecular formula is C13H11FN2O2. The molecule has 0 aliphatic rings. The fourth-order valence-electron chi connectivity index (χ4n) is 1.38. The maximum Gasteiger partial charge on any atom is 0.274 e. The molecule has 0 aliphatic heterocycles. The van der Waals surface area contributed by atoms with Gasteiger partial charge in [0, 0.05) is 0 Å². The quantitative estimate of drug-likeness (QED) is 0.668. The van der Waals surface area contributed by atoms with E-state index < -0.39 is 11.7 Å². The van der Waals surface area contributed by atoms with E-state index in [1.165, 1.54) is 24.5 Å². The normalized spacial score (nSPS) is 11.3. The number of hydrogen-bond acceptors (Lipinski definition) is 3. The standard InChI is InChI=1S/C13H11FN2O2/c1-9(12-7-4-8-18-12)15-16-13(17)10-5-2-3-6-11(10)14/h2-8H,1H3,(H,16,17)/b15-9-. The average Bonchev–Trinajstić information content (AvgIpc) is 2.90. The van der Waals surface area contributed by atoms with Crippen molar-refractivity contribution in [3.63, 3.8) is 0 Å². The minimum absolute atomic E-state index is 0.0477. The summed E-state index contributed by atoms with van der Waals surface area (Å²) in [5.74, 6) is -0.635. The van der Waals surface area contributed by atoms with Gasteiger partial charge in [0.1, 0.15) is 17.3 Å². The second-order valence-corrected chi connectivity index (χ2v) is 3.60. The van der Waals surface area contributed by atoms with Gasteiger partial charge in [-0.05, 0) is 31.2 Å². The van der Waals surface area contributed by atoms with Crippen LogP contribution in [0.25, 0.3) is 0 Å². The van der Waals surface area contributed by atoms with Gasteiger partial charge in [0.25, 0.3) is 5.91 Å². The lowest BCUT2D eigenvalue weighted by atomic mass is 10.2. The molecule has 0 aliphatic carbocycles. The number of carbonyl (C=O) groups excluding carboxylic acids is 1. The van der Waals surface area contributed by atoms with Crippen molar-refractivity contribution in [3.8, 4) is 0 Å². The predicted molar refractivity (Wildman–Crippen MR) is 64.8 cm³/mol. The Bertz CT molecular complexity index is 576. The zero-order chi connectivity index (χ0) is 13.0. The Morgan fingerprint density at radius 3 is 2.72 bits per heavy atom. The van der Waals surface area contributed by atoms with Gasteiger partial charge in [-0.2, -0.15) is 5.10 Å². The number of carbonyl (C=O) groups is 1. The molecule has 0 atom stereocenters. The third-order valence-electron chi connectivity index (χ3n) is 2.32. The lowest BCUT2D eigenvalue weighted by molar-refractivity contribution is 0.0951. The summed E-state index contributed by atoms with van der Waals surface area (Å²) in [5.41, 5.74) is 2.73. The highest BCUT2D eigenvalue weighted by molar-refractivity contribution is 5.99. The van der Waals surface area contributed by atoms with E-state index in [0.29, 0.717) is 11.5 Å². The summed E-state index contributed by atoms with van der Waals surface area (Å²) >= 11 is 0. The molecule has 1 amide bonds. The Hall–Kier alpha value is -2.43. The van der Waals surface area contributed by atoms with E-state index >= 15 is 0 Å². The Kier molecular flexibility index (Phi) is 3.52. The largest absolute Gasteiger partial charge is 0.463 e. The Morgan fingerprint density at radius 1 is 1.28 bits per heavy atom. The van der Waals surface area contributed by atoms with Crippen molar-refractivity contribution >= 4 is 11.6 Å². The number of hydrazone groups is 1. The van der Waals surface area contributed by atoms with Crippen LogP contribution in [-0.4, -0.2) is 11.6 Å². The third kappa shape index (κ3) is 2.63. The van der Waals surface area contributed by atoms with Crippen LogP contribution < -0.4 is 5.43 Å². The molecule has 0 bridgehead atoms. The summed E-state index contributed by atoms with van der Waals surface area (Å²) in [6, 6.07) is 9.14. The molecule has 0 saturated carbocycles. The minimum atomic E-state index is -0.598. The maximum atomic E-state index is 13.3. The predicted octanol–water partition coefficient (Wildman–Crippen LogP) is 2.57. The molecule has 1 heterocycles. The van der Waals surface area contributed by atoms with E-state index in [4.69, 9.17) is 4.42 Å². The number of rotatable bonds is 3. The molecule has 0 unspecified atom stereocenters. The molecule has 0 saturated heterocycles. The van der Waals surface area contributed by atoms with Gasteiger partial charge in [0.15, 0.2) is 0 Å². The monoisotopic (exact) mass is 246 g/mol. The number of furan rings is 1. The first kappa shape index (κ1) is 12.0. The fraction of sp³-hybridized carbons (Fsp3) is 0.0769. The number of amides is 1. The van der Waals surface area contributed by atoms with Crippen LogP contribution in [0.1, 0.15) is 23.0 Å². The Balaban J connectivity index is 2.09. The van der Waals surface area contributed by atoms with E-state index in [0.717, 1.165) is 0 Å². The van der Waals surface area contributed by atoms with Crippen LogP contribution in [0, 0.1) is 5.82 Å². The average molecular weight is 246 g/mol. The van der Waals surface area contributed by atoms with E-state index in [9.17, 15) is 9.18 Å². The van der Waals surface area contributed by atoms with Gasteiger partial charge < -0.3 is 4.42 Å². The van der Waals surface area contributed by atoms with Crippen molar-refractivity contribution in [2.45, 2.75) is 6.92 Å². The van der Waals surface area contributed by atoms with E-state index in [-0.39, 0.29) is 5.56 Å². The maximum absolute atomic E-state index is 13.3. The molecule has 1 aromatic carbocycles. The van der Waals surface area contributed by atoms with Gasteiger partial charge in [0.05, 0.1) is 11.8 Å². The molecule has 2 rings (SSSR count). The molecule has 0 fully saturated rings. The highest BCUT2D eigenvalue weighted by Gasteiger charge is 2.10. The molecule has 1 N–H and O–H groups in total. The fourth-order valence-corrected chi connectivity index (χ4v) is 1.38. The van der Waals surface area contributed by atoms with Crippen molar-refractivity contribution in [3.05, 3.63) is 59.8 Å². The summed E-state index contributed by atoms with van der Waals surface area (Å²) < 4.78 is 18.4. The molecule has 0 spiro atoms. The molecule has 2 aromatic rings. The van der Waals surface area contributed by atoms with E-state index in [1.807, 2.05) is 0 Å². The van der Waals surface area contributed by atoms with Gasteiger partial charge in [0.2, 0.25) is 0 Å². The Labute approximate surface area is 103 Å². The first-order valence-corrected chi connectivity index (χ1v) is 5.31. The first-order chi connectivity index (χ1) is 8.68. The summed E-state index contributed by atoms with van der Waals surface area (Å²) in [5, 5.41) is 3.84. The number of hydrogen-bond donors (Lipinski definition) is 1.